The number of nitrogens with two attached hydrogens (primary N) is 1. The van der Waals surface area contributed by atoms with E-state index in [1.165, 1.54) is 16.4 Å². The fourth-order valence-corrected chi connectivity index (χ4v) is 2.44. The van der Waals surface area contributed by atoms with Crippen LogP contribution in [0.4, 0.5) is 0 Å². The summed E-state index contributed by atoms with van der Waals surface area (Å²) in [5.41, 5.74) is 1.95. The number of thioether (sulfide) groups is 1. The molecule has 0 aliphatic rings. The second-order valence-corrected chi connectivity index (χ2v) is 6.06. The molecule has 0 radical (unpaired) electrons. The van der Waals surface area contributed by atoms with E-state index >= 15 is 0 Å². The minimum atomic E-state index is 0.123. The Hall–Kier alpha value is -1.95. The lowest BCUT2D eigenvalue weighted by Crippen LogP contribution is -2.12. The summed E-state index contributed by atoms with van der Waals surface area (Å²) < 4.78 is 7.19. The average molecular weight is 304 g/mol. The third kappa shape index (κ3) is 4.01. The van der Waals surface area contributed by atoms with Gasteiger partial charge in [-0.2, -0.15) is 0 Å². The van der Waals surface area contributed by atoms with Gasteiger partial charge in [0.15, 0.2) is 5.82 Å². The Bertz CT molecular complexity index is 636. The van der Waals surface area contributed by atoms with Gasteiger partial charge in [-0.05, 0) is 32.9 Å². The summed E-state index contributed by atoms with van der Waals surface area (Å²) >= 11 is 1.52. The van der Waals surface area contributed by atoms with Crippen molar-refractivity contribution in [3.05, 3.63) is 36.4 Å². The highest BCUT2D eigenvalue weighted by molar-refractivity contribution is 7.99. The van der Waals surface area contributed by atoms with Gasteiger partial charge in [-0.3, -0.25) is 0 Å². The molecule has 6 heteroatoms. The summed E-state index contributed by atoms with van der Waals surface area (Å²) in [6.07, 6.45) is 0.123. The maximum atomic E-state index is 6.07. The van der Waals surface area contributed by atoms with Crippen LogP contribution < -0.4 is 10.6 Å². The highest BCUT2D eigenvalue weighted by Gasteiger charge is 2.13. The molecule has 5 nitrogen and oxygen atoms in total. The fraction of sp³-hybridized carbons (Fsp3) is 0.333. The van der Waals surface area contributed by atoms with Gasteiger partial charge < -0.3 is 10.6 Å². The van der Waals surface area contributed by atoms with Crippen LogP contribution in [0.15, 0.2) is 41.6 Å². The van der Waals surface area contributed by atoms with Gasteiger partial charge in [-0.1, -0.05) is 36.0 Å². The first kappa shape index (κ1) is 15.4. The Balaban J connectivity index is 2.24. The van der Waals surface area contributed by atoms with Crippen LogP contribution in [0.5, 0.6) is 5.75 Å². The molecule has 1 aromatic heterocycles. The van der Waals surface area contributed by atoms with E-state index in [4.69, 9.17) is 10.6 Å². The molecule has 0 aliphatic heterocycles. The molecule has 0 atom stereocenters. The summed E-state index contributed by atoms with van der Waals surface area (Å²) in [5, 5.41) is 8.96. The summed E-state index contributed by atoms with van der Waals surface area (Å²) in [6.45, 7) is 9.82. The van der Waals surface area contributed by atoms with Crippen LogP contribution >= 0.6 is 11.8 Å². The molecule has 0 unspecified atom stereocenters. The van der Waals surface area contributed by atoms with Gasteiger partial charge in [0.05, 0.1) is 6.10 Å². The lowest BCUT2D eigenvalue weighted by Gasteiger charge is -2.10. The molecule has 2 aromatic rings. The predicted molar refractivity (Wildman–Crippen MR) is 86.9 cm³/mol. The molecule has 0 amide bonds. The topological polar surface area (TPSA) is 66.0 Å². The number of aromatic nitrogens is 3. The van der Waals surface area contributed by atoms with Crippen LogP contribution in [0, 0.1) is 0 Å². The van der Waals surface area contributed by atoms with Gasteiger partial charge in [-0.25, -0.2) is 4.68 Å². The van der Waals surface area contributed by atoms with Gasteiger partial charge in [0.25, 0.3) is 0 Å². The van der Waals surface area contributed by atoms with E-state index in [1.54, 1.807) is 0 Å². The third-order valence-corrected chi connectivity index (χ3v) is 3.75. The van der Waals surface area contributed by atoms with Crippen LogP contribution in [0.25, 0.3) is 11.4 Å². The number of ether oxygens (including phenoxy) is 1. The maximum absolute atomic E-state index is 6.07. The molecule has 0 fully saturated rings. The van der Waals surface area contributed by atoms with Crippen LogP contribution in [0.2, 0.25) is 0 Å². The zero-order valence-corrected chi connectivity index (χ0v) is 13.4. The van der Waals surface area contributed by atoms with Gasteiger partial charge in [0.1, 0.15) is 5.75 Å². The number of benzene rings is 1. The Morgan fingerprint density at radius 3 is 2.86 bits per heavy atom. The minimum Gasteiger partial charge on any atom is -0.491 e. The molecule has 1 aromatic carbocycles. The molecule has 2 rings (SSSR count). The lowest BCUT2D eigenvalue weighted by molar-refractivity contribution is 0.242. The molecule has 0 aliphatic carbocycles. The highest BCUT2D eigenvalue weighted by Crippen LogP contribution is 2.25. The van der Waals surface area contributed by atoms with E-state index in [0.29, 0.717) is 11.0 Å². The van der Waals surface area contributed by atoms with E-state index < -0.39 is 0 Å². The summed E-state index contributed by atoms with van der Waals surface area (Å²) in [5.74, 6) is 8.26. The lowest BCUT2D eigenvalue weighted by atomic mass is 10.2. The van der Waals surface area contributed by atoms with Crippen molar-refractivity contribution < 1.29 is 4.74 Å². The molecular formula is C15H20N4OS. The standard InChI is InChI=1S/C15H20N4OS/c1-10(2)9-21-15-18-17-14(19(15)16)12-6-5-7-13(8-12)20-11(3)4/h5-8,11H,1,9,16H2,2-4H3. The monoisotopic (exact) mass is 304 g/mol. The first-order valence-electron chi connectivity index (χ1n) is 6.72. The first-order valence-corrected chi connectivity index (χ1v) is 7.70. The van der Waals surface area contributed by atoms with Gasteiger partial charge in [0, 0.05) is 11.3 Å². The summed E-state index contributed by atoms with van der Waals surface area (Å²) in [6, 6.07) is 7.69. The number of nitrogens with zero attached hydrogens (tertiary/aromatic N) is 3. The highest BCUT2D eigenvalue weighted by atomic mass is 32.2. The predicted octanol–water partition coefficient (Wildman–Crippen LogP) is 3.11. The molecule has 0 spiro atoms. The Morgan fingerprint density at radius 1 is 1.43 bits per heavy atom. The van der Waals surface area contributed by atoms with Crippen molar-refractivity contribution in [2.45, 2.75) is 32.0 Å². The molecular weight excluding hydrogens is 284 g/mol. The van der Waals surface area contributed by atoms with Gasteiger partial charge in [-0.15, -0.1) is 10.2 Å². The quantitative estimate of drug-likeness (QED) is 0.504. The van der Waals surface area contributed by atoms with Crippen molar-refractivity contribution >= 4 is 11.8 Å². The molecule has 0 saturated carbocycles. The molecule has 0 bridgehead atoms. The summed E-state index contributed by atoms with van der Waals surface area (Å²) in [7, 11) is 0. The molecule has 112 valence electrons. The largest absolute Gasteiger partial charge is 0.491 e. The first-order chi connectivity index (χ1) is 9.97. The Kier molecular flexibility index (Phi) is 4.90. The zero-order valence-electron chi connectivity index (χ0n) is 12.5. The number of hydrogen-bond acceptors (Lipinski definition) is 5. The van der Waals surface area contributed by atoms with Crippen molar-refractivity contribution in [2.75, 3.05) is 11.6 Å². The van der Waals surface area contributed by atoms with Crippen LogP contribution in [0.1, 0.15) is 20.8 Å². The van der Waals surface area contributed by atoms with Crippen molar-refractivity contribution in [2.24, 2.45) is 0 Å². The van der Waals surface area contributed by atoms with Crippen LogP contribution in [0.3, 0.4) is 0 Å². The fourth-order valence-electron chi connectivity index (χ4n) is 1.74. The van der Waals surface area contributed by atoms with E-state index in [2.05, 4.69) is 16.8 Å². The number of rotatable bonds is 6. The van der Waals surface area contributed by atoms with E-state index in [0.717, 1.165) is 22.6 Å². The SMILES string of the molecule is C=C(C)CSc1nnc(-c2cccc(OC(C)C)c2)n1N. The average Bonchev–Trinajstić information content (AvgIpc) is 2.77. The normalized spacial score (nSPS) is 10.9. The molecule has 1 heterocycles. The zero-order chi connectivity index (χ0) is 15.4. The second kappa shape index (κ2) is 6.67. The maximum Gasteiger partial charge on any atom is 0.210 e. The van der Waals surface area contributed by atoms with E-state index in [-0.39, 0.29) is 6.10 Å². The smallest absolute Gasteiger partial charge is 0.210 e. The third-order valence-electron chi connectivity index (χ3n) is 2.58. The minimum absolute atomic E-state index is 0.123. The second-order valence-electron chi connectivity index (χ2n) is 5.12. The van der Waals surface area contributed by atoms with Crippen molar-refractivity contribution in [3.8, 4) is 17.1 Å². The molecule has 0 saturated heterocycles. The van der Waals surface area contributed by atoms with Crippen LogP contribution in [-0.2, 0) is 0 Å². The molecule has 21 heavy (non-hydrogen) atoms. The van der Waals surface area contributed by atoms with E-state index in [1.807, 2.05) is 45.0 Å². The van der Waals surface area contributed by atoms with Crippen LogP contribution in [-0.4, -0.2) is 26.7 Å². The summed E-state index contributed by atoms with van der Waals surface area (Å²) in [4.78, 5) is 0. The van der Waals surface area contributed by atoms with Crippen molar-refractivity contribution in [1.82, 2.24) is 14.9 Å². The molecule has 2 N–H and O–H groups in total. The van der Waals surface area contributed by atoms with Gasteiger partial charge >= 0.3 is 0 Å². The number of hydrogen-bond donors (Lipinski definition) is 1. The van der Waals surface area contributed by atoms with Crippen molar-refractivity contribution in [3.63, 3.8) is 0 Å². The Labute approximate surface area is 129 Å². The Morgan fingerprint density at radius 2 is 2.19 bits per heavy atom. The van der Waals surface area contributed by atoms with E-state index in [9.17, 15) is 0 Å². The number of nitrogen functional groups attached to an aromatic ring is 1. The van der Waals surface area contributed by atoms with Gasteiger partial charge in [0.2, 0.25) is 5.16 Å². The van der Waals surface area contributed by atoms with Crippen molar-refractivity contribution in [1.29, 1.82) is 0 Å².